The maximum atomic E-state index is 13.2. The number of carboxylic acid groups (broad SMARTS) is 1. The molecule has 0 radical (unpaired) electrons. The summed E-state index contributed by atoms with van der Waals surface area (Å²) in [4.78, 5) is 24.7. The second-order valence-corrected chi connectivity index (χ2v) is 9.07. The molecule has 3 N–H and O–H groups in total. The quantitative estimate of drug-likeness (QED) is 0.316. The molecule has 0 saturated heterocycles. The Morgan fingerprint density at radius 1 is 0.824 bits per heavy atom. The molecule has 4 rings (SSSR count). The monoisotopic (exact) mass is 456 g/mol. The zero-order chi connectivity index (χ0) is 23.8. The number of hydrogen-bond acceptors (Lipinski definition) is 3. The van der Waals surface area contributed by atoms with Crippen molar-refractivity contribution in [2.45, 2.75) is 51.4 Å². The SMILES string of the molecule is O=C(O)c1ccccc1NC(=O)c1ccc(CCCC2CCCCC2)cc1Nc1ccccc1. The first-order valence-electron chi connectivity index (χ1n) is 12.2. The van der Waals surface area contributed by atoms with E-state index in [2.05, 4.69) is 10.6 Å². The normalized spacial score (nSPS) is 13.9. The van der Waals surface area contributed by atoms with E-state index < -0.39 is 5.97 Å². The van der Waals surface area contributed by atoms with E-state index in [9.17, 15) is 14.7 Å². The lowest BCUT2D eigenvalue weighted by atomic mass is 9.85. The summed E-state index contributed by atoms with van der Waals surface area (Å²) in [6.45, 7) is 0. The number of aryl methyl sites for hydroxylation is 1. The standard InChI is InChI=1S/C29H32N2O3/c32-28(31-26-17-8-7-16-25(26)29(33)34)24-19-18-22(13-9-12-21-10-3-1-4-11-21)20-27(24)30-23-14-5-2-6-15-23/h2,5-8,14-21,30H,1,3-4,9-13H2,(H,31,32)(H,33,34). The molecular weight excluding hydrogens is 424 g/mol. The van der Waals surface area contributed by atoms with Crippen LogP contribution in [0.15, 0.2) is 72.8 Å². The lowest BCUT2D eigenvalue weighted by molar-refractivity contribution is 0.0698. The van der Waals surface area contributed by atoms with Crippen LogP contribution in [0.2, 0.25) is 0 Å². The fourth-order valence-electron chi connectivity index (χ4n) is 4.76. The molecule has 1 aliphatic rings. The molecule has 5 nitrogen and oxygen atoms in total. The van der Waals surface area contributed by atoms with Crippen LogP contribution in [0.1, 0.15) is 71.2 Å². The summed E-state index contributed by atoms with van der Waals surface area (Å²) in [5.41, 5.74) is 3.61. The fraction of sp³-hybridized carbons (Fsp3) is 0.310. The molecule has 3 aromatic rings. The first-order valence-corrected chi connectivity index (χ1v) is 12.2. The number of carbonyl (C=O) groups is 2. The molecule has 1 aliphatic carbocycles. The molecule has 0 heterocycles. The van der Waals surface area contributed by atoms with Gasteiger partial charge in [0.05, 0.1) is 22.5 Å². The summed E-state index contributed by atoms with van der Waals surface area (Å²) in [7, 11) is 0. The van der Waals surface area contributed by atoms with Gasteiger partial charge in [0.2, 0.25) is 0 Å². The molecule has 0 aliphatic heterocycles. The van der Waals surface area contributed by atoms with E-state index in [-0.39, 0.29) is 17.2 Å². The van der Waals surface area contributed by atoms with Crippen molar-refractivity contribution in [3.05, 3.63) is 89.5 Å². The third-order valence-electron chi connectivity index (χ3n) is 6.59. The van der Waals surface area contributed by atoms with E-state index >= 15 is 0 Å². The molecule has 0 unspecified atom stereocenters. The fourth-order valence-corrected chi connectivity index (χ4v) is 4.76. The first-order chi connectivity index (χ1) is 16.6. The van der Waals surface area contributed by atoms with Gasteiger partial charge in [0.1, 0.15) is 0 Å². The molecule has 0 atom stereocenters. The highest BCUT2D eigenvalue weighted by Gasteiger charge is 2.17. The van der Waals surface area contributed by atoms with Crippen LogP contribution < -0.4 is 10.6 Å². The van der Waals surface area contributed by atoms with Crippen LogP contribution in [0, 0.1) is 5.92 Å². The Kier molecular flexibility index (Phi) is 7.97. The van der Waals surface area contributed by atoms with Gasteiger partial charge in [-0.25, -0.2) is 4.79 Å². The van der Waals surface area contributed by atoms with Gasteiger partial charge in [-0.05, 0) is 60.7 Å². The second kappa shape index (κ2) is 11.5. The highest BCUT2D eigenvalue weighted by molar-refractivity contribution is 6.10. The van der Waals surface area contributed by atoms with Crippen LogP contribution >= 0.6 is 0 Å². The summed E-state index contributed by atoms with van der Waals surface area (Å²) in [6, 6.07) is 22.1. The number of carbonyl (C=O) groups excluding carboxylic acids is 1. The lowest BCUT2D eigenvalue weighted by Crippen LogP contribution is -2.16. The maximum absolute atomic E-state index is 13.2. The number of anilines is 3. The van der Waals surface area contributed by atoms with E-state index in [0.717, 1.165) is 24.4 Å². The zero-order valence-corrected chi connectivity index (χ0v) is 19.4. The molecule has 0 aromatic heterocycles. The number of rotatable bonds is 9. The molecule has 34 heavy (non-hydrogen) atoms. The van der Waals surface area contributed by atoms with Crippen molar-refractivity contribution in [1.29, 1.82) is 0 Å². The van der Waals surface area contributed by atoms with Gasteiger partial charge in [-0.15, -0.1) is 0 Å². The van der Waals surface area contributed by atoms with Crippen molar-refractivity contribution in [2.24, 2.45) is 5.92 Å². The highest BCUT2D eigenvalue weighted by atomic mass is 16.4. The van der Waals surface area contributed by atoms with Crippen molar-refractivity contribution in [1.82, 2.24) is 0 Å². The topological polar surface area (TPSA) is 78.4 Å². The van der Waals surface area contributed by atoms with Crippen LogP contribution in [-0.4, -0.2) is 17.0 Å². The molecule has 1 amide bonds. The average molecular weight is 457 g/mol. The van der Waals surface area contributed by atoms with E-state index in [1.165, 1.54) is 50.2 Å². The van der Waals surface area contributed by atoms with Gasteiger partial charge in [-0.1, -0.05) is 74.9 Å². The summed E-state index contributed by atoms with van der Waals surface area (Å²) in [5, 5.41) is 15.6. The summed E-state index contributed by atoms with van der Waals surface area (Å²) < 4.78 is 0. The minimum atomic E-state index is -1.08. The molecule has 5 heteroatoms. The molecule has 0 bridgehead atoms. The number of carboxylic acids is 1. The van der Waals surface area contributed by atoms with Gasteiger partial charge in [-0.2, -0.15) is 0 Å². The Morgan fingerprint density at radius 3 is 2.32 bits per heavy atom. The third kappa shape index (κ3) is 6.25. The lowest BCUT2D eigenvalue weighted by Gasteiger charge is -2.21. The largest absolute Gasteiger partial charge is 0.478 e. The van der Waals surface area contributed by atoms with Gasteiger partial charge in [0.25, 0.3) is 5.91 Å². The smallest absolute Gasteiger partial charge is 0.337 e. The van der Waals surface area contributed by atoms with Crippen LogP contribution in [0.5, 0.6) is 0 Å². The van der Waals surface area contributed by atoms with Crippen LogP contribution in [0.3, 0.4) is 0 Å². The van der Waals surface area contributed by atoms with Crippen molar-refractivity contribution in [3.8, 4) is 0 Å². The molecule has 176 valence electrons. The minimum Gasteiger partial charge on any atom is -0.478 e. The molecule has 0 spiro atoms. The van der Waals surface area contributed by atoms with Gasteiger partial charge >= 0.3 is 5.97 Å². The van der Waals surface area contributed by atoms with Crippen LogP contribution in [0.25, 0.3) is 0 Å². The number of hydrogen-bond donors (Lipinski definition) is 3. The van der Waals surface area contributed by atoms with E-state index in [1.807, 2.05) is 48.5 Å². The first kappa shape index (κ1) is 23.6. The number of benzene rings is 3. The van der Waals surface area contributed by atoms with E-state index in [4.69, 9.17) is 0 Å². The molecule has 3 aromatic carbocycles. The average Bonchev–Trinajstić information content (AvgIpc) is 2.86. The van der Waals surface area contributed by atoms with Crippen molar-refractivity contribution < 1.29 is 14.7 Å². The molecule has 1 fully saturated rings. The van der Waals surface area contributed by atoms with E-state index in [0.29, 0.717) is 11.3 Å². The van der Waals surface area contributed by atoms with E-state index in [1.54, 1.807) is 18.2 Å². The minimum absolute atomic E-state index is 0.0627. The Morgan fingerprint density at radius 2 is 1.56 bits per heavy atom. The molecular formula is C29H32N2O3. The summed E-state index contributed by atoms with van der Waals surface area (Å²) >= 11 is 0. The Labute approximate surface area is 201 Å². The van der Waals surface area contributed by atoms with Gasteiger partial charge in [0, 0.05) is 5.69 Å². The van der Waals surface area contributed by atoms with Crippen LogP contribution in [0.4, 0.5) is 17.1 Å². The van der Waals surface area contributed by atoms with Gasteiger partial charge in [-0.3, -0.25) is 4.79 Å². The predicted molar refractivity (Wildman–Crippen MR) is 137 cm³/mol. The molecule has 1 saturated carbocycles. The Bertz CT molecular complexity index is 1120. The number of nitrogens with one attached hydrogen (secondary N) is 2. The zero-order valence-electron chi connectivity index (χ0n) is 19.4. The highest BCUT2D eigenvalue weighted by Crippen LogP contribution is 2.29. The van der Waals surface area contributed by atoms with Crippen molar-refractivity contribution in [2.75, 3.05) is 10.6 Å². The Balaban J connectivity index is 1.53. The number of amides is 1. The van der Waals surface area contributed by atoms with Crippen molar-refractivity contribution in [3.63, 3.8) is 0 Å². The predicted octanol–water partition coefficient (Wildman–Crippen LogP) is 7.28. The van der Waals surface area contributed by atoms with Crippen LogP contribution in [-0.2, 0) is 6.42 Å². The maximum Gasteiger partial charge on any atom is 0.337 e. The number of para-hydroxylation sites is 2. The Hall–Kier alpha value is -3.60. The second-order valence-electron chi connectivity index (χ2n) is 9.07. The number of aromatic carboxylic acids is 1. The summed E-state index contributed by atoms with van der Waals surface area (Å²) in [6.07, 6.45) is 10.2. The summed E-state index contributed by atoms with van der Waals surface area (Å²) in [5.74, 6) is -0.567. The van der Waals surface area contributed by atoms with Gasteiger partial charge < -0.3 is 15.7 Å². The third-order valence-corrected chi connectivity index (χ3v) is 6.59. The van der Waals surface area contributed by atoms with Gasteiger partial charge in [0.15, 0.2) is 0 Å². The van der Waals surface area contributed by atoms with Crippen molar-refractivity contribution >= 4 is 28.9 Å².